The molecule has 154 valence electrons. The molecule has 3 aliphatic carbocycles. The first-order valence-electron chi connectivity index (χ1n) is 11.8. The highest BCUT2D eigenvalue weighted by atomic mass is 16.3. The molecule has 0 bridgehead atoms. The summed E-state index contributed by atoms with van der Waals surface area (Å²) in [7, 11) is 0. The molecule has 2 saturated carbocycles. The normalized spacial score (nSPS) is 35.2. The van der Waals surface area contributed by atoms with E-state index >= 15 is 0 Å². The van der Waals surface area contributed by atoms with Crippen molar-refractivity contribution < 1.29 is 5.11 Å². The lowest BCUT2D eigenvalue weighted by Crippen LogP contribution is -2.43. The molecule has 0 saturated heterocycles. The van der Waals surface area contributed by atoms with Crippen LogP contribution >= 0.6 is 0 Å². The van der Waals surface area contributed by atoms with Crippen molar-refractivity contribution in [3.63, 3.8) is 0 Å². The summed E-state index contributed by atoms with van der Waals surface area (Å²) in [5, 5.41) is 9.89. The maximum atomic E-state index is 9.89. The van der Waals surface area contributed by atoms with Gasteiger partial charge in [-0.2, -0.15) is 0 Å². The van der Waals surface area contributed by atoms with E-state index in [-0.39, 0.29) is 0 Å². The van der Waals surface area contributed by atoms with E-state index in [9.17, 15) is 5.11 Å². The van der Waals surface area contributed by atoms with Crippen LogP contribution in [-0.4, -0.2) is 5.11 Å². The van der Waals surface area contributed by atoms with Gasteiger partial charge in [-0.15, -0.1) is 0 Å². The van der Waals surface area contributed by atoms with Gasteiger partial charge < -0.3 is 5.11 Å². The number of rotatable bonds is 5. The molecule has 0 aliphatic heterocycles. The molecular formula is C27H40O. The van der Waals surface area contributed by atoms with E-state index in [1.54, 1.807) is 5.56 Å². The number of aryl methyl sites for hydroxylation is 1. The molecule has 0 aromatic heterocycles. The molecule has 3 aliphatic rings. The Kier molecular flexibility index (Phi) is 5.40. The molecule has 1 heteroatoms. The molecule has 1 aromatic rings. The highest BCUT2D eigenvalue weighted by Gasteiger charge is 2.55. The number of allylic oxidation sites excluding steroid dienone is 1. The van der Waals surface area contributed by atoms with Crippen molar-refractivity contribution in [3.05, 3.63) is 41.5 Å². The Bertz CT molecular complexity index is 732. The summed E-state index contributed by atoms with van der Waals surface area (Å²) < 4.78 is 0. The molecule has 1 nitrogen and oxygen atoms in total. The van der Waals surface area contributed by atoms with Gasteiger partial charge in [0, 0.05) is 0 Å². The molecule has 1 aromatic carbocycles. The quantitative estimate of drug-likeness (QED) is 0.524. The Morgan fingerprint density at radius 3 is 2.71 bits per heavy atom. The summed E-state index contributed by atoms with van der Waals surface area (Å²) in [5.74, 6) is 5.26. The van der Waals surface area contributed by atoms with Crippen LogP contribution in [0.3, 0.4) is 0 Å². The lowest BCUT2D eigenvalue weighted by molar-refractivity contribution is 0.0101. The molecule has 0 radical (unpaired) electrons. The van der Waals surface area contributed by atoms with E-state index in [0.29, 0.717) is 17.1 Å². The Morgan fingerprint density at radius 1 is 1.18 bits per heavy atom. The summed E-state index contributed by atoms with van der Waals surface area (Å²) in [6.07, 6.45) is 10.6. The fraction of sp³-hybridized carbons (Fsp3) is 0.704. The highest BCUT2D eigenvalue weighted by Crippen LogP contribution is 2.64. The average molecular weight is 381 g/mol. The third kappa shape index (κ3) is 3.33. The van der Waals surface area contributed by atoms with E-state index in [0.717, 1.165) is 36.0 Å². The van der Waals surface area contributed by atoms with Crippen LogP contribution in [0.4, 0.5) is 0 Å². The van der Waals surface area contributed by atoms with Crippen molar-refractivity contribution in [2.24, 2.45) is 35.0 Å². The number of hydrogen-bond donors (Lipinski definition) is 1. The highest BCUT2D eigenvalue weighted by molar-refractivity contribution is 5.40. The molecule has 0 amide bonds. The second-order valence-electron chi connectivity index (χ2n) is 10.9. The number of fused-ring (bicyclic) bond motifs is 5. The van der Waals surface area contributed by atoms with Gasteiger partial charge in [-0.05, 0) is 116 Å². The van der Waals surface area contributed by atoms with E-state index in [1.165, 1.54) is 56.1 Å². The first-order valence-corrected chi connectivity index (χ1v) is 11.8. The van der Waals surface area contributed by atoms with Crippen LogP contribution in [0.1, 0.15) is 89.7 Å². The van der Waals surface area contributed by atoms with Crippen LogP contribution in [0.5, 0.6) is 5.75 Å². The molecule has 1 N–H and O–H groups in total. The van der Waals surface area contributed by atoms with Gasteiger partial charge in [0.1, 0.15) is 5.75 Å². The molecule has 2 fully saturated rings. The van der Waals surface area contributed by atoms with Gasteiger partial charge in [-0.1, -0.05) is 45.9 Å². The number of hydrogen-bond acceptors (Lipinski definition) is 1. The molecule has 0 heterocycles. The van der Waals surface area contributed by atoms with E-state index in [4.69, 9.17) is 0 Å². The van der Waals surface area contributed by atoms with Crippen molar-refractivity contribution >= 4 is 0 Å². The predicted octanol–water partition coefficient (Wildman–Crippen LogP) is 7.49. The number of benzene rings is 1. The van der Waals surface area contributed by atoms with Crippen molar-refractivity contribution in [3.8, 4) is 5.75 Å². The molecular weight excluding hydrogens is 340 g/mol. The van der Waals surface area contributed by atoms with Crippen LogP contribution in [-0.2, 0) is 6.42 Å². The zero-order valence-corrected chi connectivity index (χ0v) is 18.5. The predicted molar refractivity (Wildman–Crippen MR) is 119 cm³/mol. The van der Waals surface area contributed by atoms with Crippen molar-refractivity contribution in [2.75, 3.05) is 0 Å². The summed E-state index contributed by atoms with van der Waals surface area (Å²) in [5.41, 5.74) is 4.94. The summed E-state index contributed by atoms with van der Waals surface area (Å²) in [6, 6.07) is 6.17. The summed E-state index contributed by atoms with van der Waals surface area (Å²) in [4.78, 5) is 0. The van der Waals surface area contributed by atoms with Crippen LogP contribution in [0.25, 0.3) is 0 Å². The van der Waals surface area contributed by atoms with E-state index in [2.05, 4.69) is 40.3 Å². The minimum absolute atomic E-state index is 0.440. The zero-order chi connectivity index (χ0) is 20.1. The maximum Gasteiger partial charge on any atom is 0.115 e. The SMILES string of the molecule is C=C(CC[C@@H](C)[C@H]1CC[C@H]2[C@@H]3CCc4cc(O)ccc4[C@H]3CC[C@]12C)C(C)C. The first-order chi connectivity index (χ1) is 13.3. The van der Waals surface area contributed by atoms with Crippen LogP contribution in [0.2, 0.25) is 0 Å². The molecule has 0 spiro atoms. The average Bonchev–Trinajstić information content (AvgIpc) is 3.02. The Balaban J connectivity index is 1.49. The lowest BCUT2D eigenvalue weighted by atomic mass is 9.53. The van der Waals surface area contributed by atoms with E-state index < -0.39 is 0 Å². The topological polar surface area (TPSA) is 20.2 Å². The van der Waals surface area contributed by atoms with E-state index in [1.807, 2.05) is 12.1 Å². The number of phenolic OH excluding ortho intramolecular Hbond substituents is 1. The Morgan fingerprint density at radius 2 is 1.96 bits per heavy atom. The second kappa shape index (κ2) is 7.54. The molecule has 28 heavy (non-hydrogen) atoms. The Labute approximate surface area is 172 Å². The monoisotopic (exact) mass is 380 g/mol. The third-order valence-electron chi connectivity index (χ3n) is 9.21. The lowest BCUT2D eigenvalue weighted by Gasteiger charge is -2.52. The number of phenols is 1. The largest absolute Gasteiger partial charge is 0.508 e. The minimum atomic E-state index is 0.440. The molecule has 0 unspecified atom stereocenters. The fourth-order valence-corrected chi connectivity index (χ4v) is 7.45. The van der Waals surface area contributed by atoms with Crippen LogP contribution in [0, 0.1) is 35.0 Å². The zero-order valence-electron chi connectivity index (χ0n) is 18.5. The summed E-state index contributed by atoms with van der Waals surface area (Å²) in [6.45, 7) is 14.0. The van der Waals surface area contributed by atoms with Gasteiger partial charge in [0.2, 0.25) is 0 Å². The van der Waals surface area contributed by atoms with Crippen molar-refractivity contribution in [1.82, 2.24) is 0 Å². The van der Waals surface area contributed by atoms with Crippen molar-refractivity contribution in [2.45, 2.75) is 85.0 Å². The molecule has 6 atom stereocenters. The van der Waals surface area contributed by atoms with Gasteiger partial charge in [-0.25, -0.2) is 0 Å². The first kappa shape index (κ1) is 20.0. The van der Waals surface area contributed by atoms with Crippen molar-refractivity contribution in [1.29, 1.82) is 0 Å². The van der Waals surface area contributed by atoms with Crippen LogP contribution in [0.15, 0.2) is 30.4 Å². The second-order valence-corrected chi connectivity index (χ2v) is 10.9. The standard InChI is InChI=1S/C27H40O/c1-17(2)18(3)6-7-19(4)25-12-13-26-24-10-8-20-16-21(28)9-11-22(20)23(24)14-15-27(25,26)5/h9,11,16-17,19,23-26,28H,3,6-8,10,12-15H2,1-2,4-5H3/t19-,23-,24-,25-,26+,27-/m1/s1. The number of aromatic hydroxyl groups is 1. The van der Waals surface area contributed by atoms with Gasteiger partial charge in [0.15, 0.2) is 0 Å². The van der Waals surface area contributed by atoms with Gasteiger partial charge in [0.05, 0.1) is 0 Å². The minimum Gasteiger partial charge on any atom is -0.508 e. The third-order valence-corrected chi connectivity index (χ3v) is 9.21. The van der Waals surface area contributed by atoms with Gasteiger partial charge >= 0.3 is 0 Å². The maximum absolute atomic E-state index is 9.89. The fourth-order valence-electron chi connectivity index (χ4n) is 7.45. The Hall–Kier alpha value is -1.24. The van der Waals surface area contributed by atoms with Gasteiger partial charge in [-0.3, -0.25) is 0 Å². The summed E-state index contributed by atoms with van der Waals surface area (Å²) >= 11 is 0. The molecule has 4 rings (SSSR count). The van der Waals surface area contributed by atoms with Crippen LogP contribution < -0.4 is 0 Å². The van der Waals surface area contributed by atoms with Gasteiger partial charge in [0.25, 0.3) is 0 Å². The smallest absolute Gasteiger partial charge is 0.115 e.